The standard InChI is InChI=1S/C23H49NO5S2/c1-6-22(7-2,17-14-20-31(24,27)28)15-10-12-18-29-19-13-11-16-23(8-3,9-4)21-30(5,25)26/h6-21H2,1-5H3,(H2,24,27,28). The molecule has 0 radical (unpaired) electrons. The van der Waals surface area contributed by atoms with E-state index < -0.39 is 19.9 Å². The van der Waals surface area contributed by atoms with Crippen LogP contribution < -0.4 is 5.14 Å². The van der Waals surface area contributed by atoms with Gasteiger partial charge < -0.3 is 4.74 Å². The molecule has 0 unspecified atom stereocenters. The van der Waals surface area contributed by atoms with Crippen molar-refractivity contribution >= 4 is 19.9 Å². The van der Waals surface area contributed by atoms with Crippen molar-refractivity contribution < 1.29 is 21.6 Å². The Labute approximate surface area is 193 Å². The van der Waals surface area contributed by atoms with Gasteiger partial charge in [-0.3, -0.25) is 0 Å². The van der Waals surface area contributed by atoms with E-state index in [1.165, 1.54) is 6.26 Å². The van der Waals surface area contributed by atoms with Crippen LogP contribution in [0.2, 0.25) is 0 Å². The molecule has 188 valence electrons. The number of sulfonamides is 1. The summed E-state index contributed by atoms with van der Waals surface area (Å²) in [6.45, 7) is 10.0. The fraction of sp³-hybridized carbons (Fsp3) is 1.00. The van der Waals surface area contributed by atoms with Crippen LogP contribution in [0.4, 0.5) is 0 Å². The maximum atomic E-state index is 11.8. The first-order valence-corrected chi connectivity index (χ1v) is 15.9. The van der Waals surface area contributed by atoms with Crippen LogP contribution in [0.3, 0.4) is 0 Å². The van der Waals surface area contributed by atoms with Crippen LogP contribution in [0, 0.1) is 10.8 Å². The molecule has 0 aliphatic carbocycles. The van der Waals surface area contributed by atoms with Crippen molar-refractivity contribution in [3.63, 3.8) is 0 Å². The second kappa shape index (κ2) is 14.9. The molecule has 0 spiro atoms. The molecule has 2 N–H and O–H groups in total. The molecule has 0 aliphatic rings. The molecule has 8 heteroatoms. The highest BCUT2D eigenvalue weighted by atomic mass is 32.2. The van der Waals surface area contributed by atoms with Crippen molar-refractivity contribution in [1.82, 2.24) is 0 Å². The van der Waals surface area contributed by atoms with Gasteiger partial charge in [0.25, 0.3) is 0 Å². The largest absolute Gasteiger partial charge is 0.381 e. The Morgan fingerprint density at radius 2 is 1.10 bits per heavy atom. The number of ether oxygens (including phenoxy) is 1. The number of rotatable bonds is 20. The molecular formula is C23H49NO5S2. The van der Waals surface area contributed by atoms with Crippen molar-refractivity contribution in [3.05, 3.63) is 0 Å². The SMILES string of the molecule is CCC(CC)(CCCCOCCCCC(CC)(CC)CS(C)(=O)=O)CCCS(N)(=O)=O. The van der Waals surface area contributed by atoms with Gasteiger partial charge in [0.05, 0.1) is 11.5 Å². The summed E-state index contributed by atoms with van der Waals surface area (Å²) in [7, 11) is -6.34. The van der Waals surface area contributed by atoms with E-state index in [2.05, 4.69) is 27.7 Å². The summed E-state index contributed by atoms with van der Waals surface area (Å²) in [5, 5.41) is 5.13. The highest BCUT2D eigenvalue weighted by molar-refractivity contribution is 7.90. The summed E-state index contributed by atoms with van der Waals surface area (Å²) >= 11 is 0. The second-order valence-corrected chi connectivity index (χ2v) is 13.4. The zero-order valence-corrected chi connectivity index (χ0v) is 22.4. The van der Waals surface area contributed by atoms with Gasteiger partial charge in [-0.25, -0.2) is 22.0 Å². The van der Waals surface area contributed by atoms with Crippen LogP contribution in [0.15, 0.2) is 0 Å². The number of sulfone groups is 1. The zero-order chi connectivity index (χ0) is 24.0. The van der Waals surface area contributed by atoms with Gasteiger partial charge in [0.1, 0.15) is 9.84 Å². The molecule has 6 nitrogen and oxygen atoms in total. The third-order valence-corrected chi connectivity index (χ3v) is 9.19. The van der Waals surface area contributed by atoms with Crippen molar-refractivity contribution in [2.24, 2.45) is 16.0 Å². The number of hydrogen-bond acceptors (Lipinski definition) is 5. The fourth-order valence-corrected chi connectivity index (χ4v) is 6.89. The van der Waals surface area contributed by atoms with Crippen LogP contribution in [0.1, 0.15) is 105 Å². The van der Waals surface area contributed by atoms with Crippen LogP contribution in [0.5, 0.6) is 0 Å². The summed E-state index contributed by atoms with van der Waals surface area (Å²) in [5.74, 6) is 0.348. The number of primary sulfonamides is 1. The van der Waals surface area contributed by atoms with Gasteiger partial charge in [0, 0.05) is 19.5 Å². The third-order valence-electron chi connectivity index (χ3n) is 7.20. The number of hydrogen-bond donors (Lipinski definition) is 1. The average Bonchev–Trinajstić information content (AvgIpc) is 2.68. The minimum absolute atomic E-state index is 0.0688. The molecule has 0 saturated carbocycles. The van der Waals surface area contributed by atoms with Gasteiger partial charge in [-0.1, -0.05) is 53.4 Å². The molecule has 0 fully saturated rings. The highest BCUT2D eigenvalue weighted by Gasteiger charge is 2.30. The third kappa shape index (κ3) is 14.6. The molecule has 0 bridgehead atoms. The molecule has 0 heterocycles. The monoisotopic (exact) mass is 483 g/mol. The lowest BCUT2D eigenvalue weighted by molar-refractivity contribution is 0.116. The van der Waals surface area contributed by atoms with Gasteiger partial charge in [0.15, 0.2) is 0 Å². The first-order valence-electron chi connectivity index (χ1n) is 12.1. The molecule has 0 saturated heterocycles. The molecule has 31 heavy (non-hydrogen) atoms. The Morgan fingerprint density at radius 3 is 1.48 bits per heavy atom. The lowest BCUT2D eigenvalue weighted by Gasteiger charge is -2.32. The van der Waals surface area contributed by atoms with E-state index in [-0.39, 0.29) is 22.3 Å². The predicted molar refractivity (Wildman–Crippen MR) is 131 cm³/mol. The Kier molecular flexibility index (Phi) is 14.8. The lowest BCUT2D eigenvalue weighted by atomic mass is 9.74. The minimum Gasteiger partial charge on any atom is -0.381 e. The van der Waals surface area contributed by atoms with Crippen molar-refractivity contribution in [2.45, 2.75) is 105 Å². The number of unbranched alkanes of at least 4 members (excludes halogenated alkanes) is 2. The predicted octanol–water partition coefficient (Wildman–Crippen LogP) is 5.07. The van der Waals surface area contributed by atoms with Gasteiger partial charge in [0.2, 0.25) is 10.0 Å². The second-order valence-electron chi connectivity index (χ2n) is 9.48. The highest BCUT2D eigenvalue weighted by Crippen LogP contribution is 2.37. The maximum Gasteiger partial charge on any atom is 0.209 e. The molecule has 0 aromatic rings. The first-order chi connectivity index (χ1) is 14.4. The summed E-state index contributed by atoms with van der Waals surface area (Å²) in [4.78, 5) is 0. The quantitative estimate of drug-likeness (QED) is 0.243. The lowest BCUT2D eigenvalue weighted by Crippen LogP contribution is -2.28. The Bertz CT molecular complexity index is 666. The molecule has 0 atom stereocenters. The summed E-state index contributed by atoms with van der Waals surface area (Å²) < 4.78 is 51.7. The van der Waals surface area contributed by atoms with E-state index >= 15 is 0 Å². The van der Waals surface area contributed by atoms with Crippen molar-refractivity contribution in [3.8, 4) is 0 Å². The molecule has 0 aromatic heterocycles. The number of nitrogens with two attached hydrogens (primary N) is 1. The smallest absolute Gasteiger partial charge is 0.209 e. The van der Waals surface area contributed by atoms with Crippen LogP contribution in [-0.2, 0) is 24.6 Å². The van der Waals surface area contributed by atoms with Crippen LogP contribution in [-0.4, -0.2) is 47.8 Å². The topological polar surface area (TPSA) is 104 Å². The maximum absolute atomic E-state index is 11.8. The van der Waals surface area contributed by atoms with Crippen molar-refractivity contribution in [1.29, 1.82) is 0 Å². The molecule has 0 aliphatic heterocycles. The summed E-state index contributed by atoms with van der Waals surface area (Å²) in [6, 6.07) is 0. The molecule has 0 aromatic carbocycles. The van der Waals surface area contributed by atoms with Crippen LogP contribution >= 0.6 is 0 Å². The van der Waals surface area contributed by atoms with E-state index in [4.69, 9.17) is 9.88 Å². The zero-order valence-electron chi connectivity index (χ0n) is 20.7. The first kappa shape index (κ1) is 30.8. The Balaban J connectivity index is 4.12. The van der Waals surface area contributed by atoms with E-state index in [9.17, 15) is 16.8 Å². The van der Waals surface area contributed by atoms with Crippen molar-refractivity contribution in [2.75, 3.05) is 31.0 Å². The Hall–Kier alpha value is -0.180. The van der Waals surface area contributed by atoms with Gasteiger partial charge in [-0.15, -0.1) is 0 Å². The average molecular weight is 484 g/mol. The van der Waals surface area contributed by atoms with Gasteiger partial charge in [-0.05, 0) is 62.2 Å². The van der Waals surface area contributed by atoms with Gasteiger partial charge >= 0.3 is 0 Å². The summed E-state index contributed by atoms with van der Waals surface area (Å²) in [5.41, 5.74) is 0.106. The minimum atomic E-state index is -3.38. The molecular weight excluding hydrogens is 434 g/mol. The van der Waals surface area contributed by atoms with Gasteiger partial charge in [-0.2, -0.15) is 0 Å². The van der Waals surface area contributed by atoms with E-state index in [0.717, 1.165) is 83.8 Å². The fourth-order valence-electron chi connectivity index (χ4n) is 4.68. The normalized spacial score (nSPS) is 13.6. The van der Waals surface area contributed by atoms with E-state index in [0.29, 0.717) is 6.42 Å². The summed E-state index contributed by atoms with van der Waals surface area (Å²) in [6.07, 6.45) is 12.9. The van der Waals surface area contributed by atoms with E-state index in [1.807, 2.05) is 0 Å². The van der Waals surface area contributed by atoms with E-state index in [1.54, 1.807) is 0 Å². The Morgan fingerprint density at radius 1 is 0.677 bits per heavy atom. The van der Waals surface area contributed by atoms with Crippen LogP contribution in [0.25, 0.3) is 0 Å². The molecule has 0 amide bonds. The molecule has 0 rings (SSSR count).